The Hall–Kier alpha value is -3.19. The molecule has 0 spiro atoms. The number of halogens is 1. The number of hydrogen-bond acceptors (Lipinski definition) is 3. The molecule has 2 heterocycles. The molecule has 0 radical (unpaired) electrons. The van der Waals surface area contributed by atoms with Gasteiger partial charge in [0.2, 0.25) is 5.91 Å². The second-order valence-corrected chi connectivity index (χ2v) is 8.58. The normalized spacial score (nSPS) is 17.8. The van der Waals surface area contributed by atoms with Gasteiger partial charge in [-0.3, -0.25) is 9.59 Å². The van der Waals surface area contributed by atoms with E-state index in [4.69, 9.17) is 5.73 Å². The molecule has 1 saturated heterocycles. The van der Waals surface area contributed by atoms with Gasteiger partial charge in [-0.25, -0.2) is 4.39 Å². The lowest BCUT2D eigenvalue weighted by Gasteiger charge is -2.36. The molecule has 5 rings (SSSR count). The molecule has 31 heavy (non-hydrogen) atoms. The zero-order chi connectivity index (χ0) is 21.8. The van der Waals surface area contributed by atoms with Gasteiger partial charge in [-0.15, -0.1) is 0 Å². The fourth-order valence-electron chi connectivity index (χ4n) is 4.40. The van der Waals surface area contributed by atoms with Gasteiger partial charge in [0, 0.05) is 42.9 Å². The molecule has 0 atom stereocenters. The molecule has 160 valence electrons. The highest BCUT2D eigenvalue weighted by atomic mass is 19.1. The van der Waals surface area contributed by atoms with Crippen LogP contribution in [0.4, 0.5) is 4.39 Å². The molecule has 1 aliphatic carbocycles. The summed E-state index contributed by atoms with van der Waals surface area (Å²) in [5.41, 5.74) is 8.02. The van der Waals surface area contributed by atoms with Crippen LogP contribution in [-0.2, 0) is 4.79 Å². The molecule has 2 fully saturated rings. The number of rotatable bonds is 3. The molecule has 7 heteroatoms. The molecule has 2 N–H and O–H groups in total. The van der Waals surface area contributed by atoms with Crippen molar-refractivity contribution in [2.24, 2.45) is 5.73 Å². The van der Waals surface area contributed by atoms with Gasteiger partial charge in [0.05, 0.1) is 16.6 Å². The Bertz CT molecular complexity index is 1190. The van der Waals surface area contributed by atoms with Crippen LogP contribution >= 0.6 is 0 Å². The molecular weight excluding hydrogens is 395 g/mol. The molecule has 2 amide bonds. The van der Waals surface area contributed by atoms with Gasteiger partial charge in [-0.1, -0.05) is 18.2 Å². The monoisotopic (exact) mass is 420 g/mol. The van der Waals surface area contributed by atoms with E-state index in [0.29, 0.717) is 31.9 Å². The van der Waals surface area contributed by atoms with Crippen LogP contribution in [0.5, 0.6) is 0 Å². The molecule has 0 unspecified atom stereocenters. The highest BCUT2D eigenvalue weighted by Crippen LogP contribution is 2.34. The molecule has 0 bridgehead atoms. The number of carbonyl (C=O) groups is 2. The van der Waals surface area contributed by atoms with E-state index in [0.717, 1.165) is 29.4 Å². The van der Waals surface area contributed by atoms with Crippen molar-refractivity contribution in [1.29, 1.82) is 0 Å². The first-order chi connectivity index (χ1) is 14.9. The molecule has 6 nitrogen and oxygen atoms in total. The average Bonchev–Trinajstić information content (AvgIpc) is 3.43. The summed E-state index contributed by atoms with van der Waals surface area (Å²) in [6.45, 7) is 3.59. The van der Waals surface area contributed by atoms with Crippen LogP contribution in [0.15, 0.2) is 48.5 Å². The molecule has 1 aromatic heterocycles. The number of amides is 2. The van der Waals surface area contributed by atoms with Crippen molar-refractivity contribution in [1.82, 2.24) is 14.4 Å². The minimum absolute atomic E-state index is 0.0375. The largest absolute Gasteiger partial charge is 0.338 e. The standard InChI is InChI=1S/C24H25FN4O2/c1-16-14-17-4-2-3-5-21(17)29(16)18-6-7-19(20(25)15-18)22(30)27-10-12-28(13-11-27)23(31)24(26)8-9-24/h2-7,14-15H,8-13,26H2,1H3. The number of aryl methyl sites for hydroxylation is 1. The summed E-state index contributed by atoms with van der Waals surface area (Å²) in [7, 11) is 0. The number of hydrogen-bond donors (Lipinski definition) is 1. The van der Waals surface area contributed by atoms with Crippen LogP contribution in [0, 0.1) is 12.7 Å². The predicted octanol–water partition coefficient (Wildman–Crippen LogP) is 2.85. The average molecular weight is 420 g/mol. The van der Waals surface area contributed by atoms with Crippen molar-refractivity contribution < 1.29 is 14.0 Å². The van der Waals surface area contributed by atoms with Crippen LogP contribution in [0.25, 0.3) is 16.6 Å². The number of aromatic nitrogens is 1. The van der Waals surface area contributed by atoms with Crippen LogP contribution < -0.4 is 5.73 Å². The maximum absolute atomic E-state index is 15.0. The van der Waals surface area contributed by atoms with E-state index in [9.17, 15) is 9.59 Å². The summed E-state index contributed by atoms with van der Waals surface area (Å²) in [6.07, 6.45) is 1.44. The van der Waals surface area contributed by atoms with Crippen LogP contribution in [0.2, 0.25) is 0 Å². The van der Waals surface area contributed by atoms with Gasteiger partial charge in [0.25, 0.3) is 5.91 Å². The molecule has 2 aliphatic rings. The zero-order valence-electron chi connectivity index (χ0n) is 17.5. The highest BCUT2D eigenvalue weighted by Gasteiger charge is 2.48. The van der Waals surface area contributed by atoms with Gasteiger partial charge in [-0.2, -0.15) is 0 Å². The minimum Gasteiger partial charge on any atom is -0.338 e. The highest BCUT2D eigenvalue weighted by molar-refractivity contribution is 5.95. The van der Waals surface area contributed by atoms with E-state index in [1.165, 1.54) is 6.07 Å². The lowest BCUT2D eigenvalue weighted by atomic mass is 10.1. The van der Waals surface area contributed by atoms with E-state index in [-0.39, 0.29) is 17.4 Å². The van der Waals surface area contributed by atoms with Gasteiger partial charge >= 0.3 is 0 Å². The summed E-state index contributed by atoms with van der Waals surface area (Å²) in [5.74, 6) is -0.930. The number of benzene rings is 2. The maximum atomic E-state index is 15.0. The number of fused-ring (bicyclic) bond motifs is 1. The van der Waals surface area contributed by atoms with E-state index in [2.05, 4.69) is 6.07 Å². The third kappa shape index (κ3) is 3.39. The first-order valence-corrected chi connectivity index (χ1v) is 10.6. The third-order valence-electron chi connectivity index (χ3n) is 6.40. The summed E-state index contributed by atoms with van der Waals surface area (Å²) in [5, 5.41) is 1.08. The predicted molar refractivity (Wildman–Crippen MR) is 117 cm³/mol. The molecule has 3 aromatic rings. The van der Waals surface area contributed by atoms with Crippen LogP contribution in [0.3, 0.4) is 0 Å². The SMILES string of the molecule is Cc1cc2ccccc2n1-c1ccc(C(=O)N2CCN(C(=O)C3(N)CC3)CC2)c(F)c1. The van der Waals surface area contributed by atoms with E-state index >= 15 is 4.39 Å². The zero-order valence-corrected chi connectivity index (χ0v) is 17.5. The Labute approximate surface area is 180 Å². The summed E-state index contributed by atoms with van der Waals surface area (Å²) in [6, 6.07) is 14.7. The molecular formula is C24H25FN4O2. The van der Waals surface area contributed by atoms with Crippen molar-refractivity contribution in [3.05, 3.63) is 65.6 Å². The maximum Gasteiger partial charge on any atom is 0.256 e. The Morgan fingerprint density at radius 3 is 2.32 bits per heavy atom. The topological polar surface area (TPSA) is 71.6 Å². The van der Waals surface area contributed by atoms with E-state index in [1.54, 1.807) is 21.9 Å². The van der Waals surface area contributed by atoms with Gasteiger partial charge in [0.1, 0.15) is 5.82 Å². The Morgan fingerprint density at radius 1 is 0.968 bits per heavy atom. The molecule has 1 saturated carbocycles. The lowest BCUT2D eigenvalue weighted by molar-refractivity contribution is -0.135. The number of carbonyl (C=O) groups excluding carboxylic acids is 2. The smallest absolute Gasteiger partial charge is 0.256 e. The first-order valence-electron chi connectivity index (χ1n) is 10.6. The van der Waals surface area contributed by atoms with Crippen molar-refractivity contribution in [3.8, 4) is 5.69 Å². The first kappa shape index (κ1) is 19.8. The Balaban J connectivity index is 1.34. The second-order valence-electron chi connectivity index (χ2n) is 8.58. The van der Waals surface area contributed by atoms with Gasteiger partial charge < -0.3 is 20.1 Å². The van der Waals surface area contributed by atoms with Crippen LogP contribution in [-0.4, -0.2) is 57.9 Å². The fraction of sp³-hybridized carbons (Fsp3) is 0.333. The Morgan fingerprint density at radius 2 is 1.65 bits per heavy atom. The number of para-hydroxylation sites is 1. The van der Waals surface area contributed by atoms with Crippen molar-refractivity contribution >= 4 is 22.7 Å². The Kier molecular flexibility index (Phi) is 4.59. The molecule has 2 aromatic carbocycles. The summed E-state index contributed by atoms with van der Waals surface area (Å²) < 4.78 is 17.0. The quantitative estimate of drug-likeness (QED) is 0.708. The molecule has 1 aliphatic heterocycles. The fourth-order valence-corrected chi connectivity index (χ4v) is 4.40. The summed E-state index contributed by atoms with van der Waals surface area (Å²) in [4.78, 5) is 28.6. The van der Waals surface area contributed by atoms with E-state index < -0.39 is 11.4 Å². The third-order valence-corrected chi connectivity index (χ3v) is 6.40. The van der Waals surface area contributed by atoms with Crippen molar-refractivity contribution in [2.75, 3.05) is 26.2 Å². The van der Waals surface area contributed by atoms with Crippen molar-refractivity contribution in [2.45, 2.75) is 25.3 Å². The summed E-state index contributed by atoms with van der Waals surface area (Å²) >= 11 is 0. The minimum atomic E-state index is -0.700. The number of nitrogens with two attached hydrogens (primary N) is 1. The number of nitrogens with zero attached hydrogens (tertiary/aromatic N) is 3. The van der Waals surface area contributed by atoms with Gasteiger partial charge in [0.15, 0.2) is 0 Å². The van der Waals surface area contributed by atoms with Gasteiger partial charge in [-0.05, 0) is 50.1 Å². The van der Waals surface area contributed by atoms with Crippen LogP contribution in [0.1, 0.15) is 28.9 Å². The van der Waals surface area contributed by atoms with Crippen molar-refractivity contribution in [3.63, 3.8) is 0 Å². The second kappa shape index (κ2) is 7.20. The lowest BCUT2D eigenvalue weighted by Crippen LogP contribution is -2.55. The van der Waals surface area contributed by atoms with E-state index in [1.807, 2.05) is 35.8 Å². The number of piperazine rings is 1.